The van der Waals surface area contributed by atoms with Crippen LogP contribution in [0.4, 0.5) is 0 Å². The van der Waals surface area contributed by atoms with Gasteiger partial charge in [-0.2, -0.15) is 18.3 Å². The molecule has 4 unspecified atom stereocenters. The Balaban J connectivity index is 0.000000215. The highest BCUT2D eigenvalue weighted by Gasteiger charge is 2.43. The minimum atomic E-state index is 0.00816. The summed E-state index contributed by atoms with van der Waals surface area (Å²) in [5, 5.41) is 15.0. The molecule has 0 bridgehead atoms. The van der Waals surface area contributed by atoms with Crippen LogP contribution in [0.25, 0.3) is 166 Å². The van der Waals surface area contributed by atoms with Gasteiger partial charge in [0.1, 0.15) is 12.4 Å². The van der Waals surface area contributed by atoms with Crippen molar-refractivity contribution in [3.05, 3.63) is 279 Å². The third kappa shape index (κ3) is 18.7. The zero-order valence-corrected chi connectivity index (χ0v) is 84.5. The Morgan fingerprint density at radius 2 is 0.620 bits per heavy atom. The lowest BCUT2D eigenvalue weighted by atomic mass is 9.82. The van der Waals surface area contributed by atoms with Crippen molar-refractivity contribution in [2.45, 2.75) is 265 Å². The van der Waals surface area contributed by atoms with E-state index >= 15 is 0 Å². The van der Waals surface area contributed by atoms with Crippen LogP contribution in [0.15, 0.2) is 268 Å². The number of fused-ring (bicyclic) bond motifs is 35. The fraction of sp³-hybridized carbons (Fsp3) is 0.339. The molecule has 5 aliphatic rings. The SMILES string of the molecule is CC.CC.CC.CC.CC.CC.CC.CC.CC.CC.CC.CC.CC.CC.CC1n2c(nc3c4ccccc4c4ccccc4c32)-c2cncc[n+]21.CC1n2c(nc3c4ccccc4ccc32)-c2c3ccccc3cc[n+]21.CC1n2c(nc3cc4c(cc32)C(C)(C)c2ccccc2-4)-c2cncc[n+]21.CC1n2c(nc3cc4ccccc4cc32)-c2c3ccccc3cc[n+]21. The average molecular weight is 1730 g/mol. The third-order valence-electron chi connectivity index (χ3n) is 22.4. The first-order chi connectivity index (χ1) is 63.6. The molecule has 4 aliphatic heterocycles. The highest BCUT2D eigenvalue weighted by molar-refractivity contribution is 6.24. The number of aromatic nitrogens is 14. The molecule has 0 fully saturated rings. The lowest BCUT2D eigenvalue weighted by Gasteiger charge is -2.21. The maximum atomic E-state index is 5.11. The van der Waals surface area contributed by atoms with E-state index in [4.69, 9.17) is 19.9 Å². The molecule has 0 spiro atoms. The van der Waals surface area contributed by atoms with Gasteiger partial charge in [-0.3, -0.25) is 28.2 Å². The summed E-state index contributed by atoms with van der Waals surface area (Å²) >= 11 is 0. The van der Waals surface area contributed by atoms with Crippen LogP contribution >= 0.6 is 0 Å². The molecule has 129 heavy (non-hydrogen) atoms. The summed E-state index contributed by atoms with van der Waals surface area (Å²) in [6, 6.07) is 78.0. The van der Waals surface area contributed by atoms with E-state index in [9.17, 15) is 0 Å². The molecule has 0 amide bonds. The van der Waals surface area contributed by atoms with Crippen LogP contribution in [0.5, 0.6) is 0 Å². The van der Waals surface area contributed by atoms with Crippen LogP contribution in [0.3, 0.4) is 0 Å². The van der Waals surface area contributed by atoms with Gasteiger partial charge in [-0.05, 0) is 102 Å². The van der Waals surface area contributed by atoms with Crippen molar-refractivity contribution in [1.82, 2.24) is 48.2 Å². The Morgan fingerprint density at radius 1 is 0.264 bits per heavy atom. The number of hydrogen-bond donors (Lipinski definition) is 0. The van der Waals surface area contributed by atoms with Gasteiger partial charge < -0.3 is 0 Å². The molecule has 0 saturated carbocycles. The standard InChI is InChI=1S/C22H19N4.2C22H16N3.C21H15N4.14C2H6/c1-13-25-9-8-23-12-20(25)21-24-18-10-15-14-6-4-5-7-16(14)22(2,3)17(15)11-19(18)26(13)21;1-14-24-13-12-16-7-3-5-9-18(16)21(24)22-23-20-17-8-4-2-6-15(17)10-11-19(20)25(14)22;1-14-24-11-10-15-6-4-5-9-18(15)21(24)22-23-19-12-16-7-2-3-8-17(16)13-20(19)25(14)22;1-13-24-11-10-22-12-18(24)21-23-19-16-8-4-2-6-14(16)15-7-3-5-9-17(15)20(19)25(13)21;14*1-2/h4-13H,1-3H3;2*2-14H,1H3;2-13H,1H3;14*1-2H3/q4*+1;;;;;;;;;;;;;;. The maximum absolute atomic E-state index is 5.11. The Morgan fingerprint density at radius 3 is 1.14 bits per heavy atom. The lowest BCUT2D eigenvalue weighted by molar-refractivity contribution is -0.706. The smallest absolute Gasteiger partial charge is 0.259 e. The number of imidazole rings is 4. The Kier molecular flexibility index (Phi) is 39.3. The van der Waals surface area contributed by atoms with Crippen molar-refractivity contribution in [3.63, 3.8) is 0 Å². The first-order valence-electron chi connectivity index (χ1n) is 48.9. The number of hydrogen-bond acceptors (Lipinski definition) is 6. The summed E-state index contributed by atoms with van der Waals surface area (Å²) in [4.78, 5) is 28.8. The molecule has 4 atom stereocenters. The second-order valence-corrected chi connectivity index (χ2v) is 28.0. The van der Waals surface area contributed by atoms with Crippen molar-refractivity contribution < 1.29 is 18.3 Å². The normalized spacial score (nSPS) is 13.6. The van der Waals surface area contributed by atoms with Crippen molar-refractivity contribution >= 4 is 109 Å². The predicted octanol–water partition coefficient (Wildman–Crippen LogP) is 31.9. The van der Waals surface area contributed by atoms with Gasteiger partial charge >= 0.3 is 0 Å². The van der Waals surface area contributed by atoms with E-state index in [2.05, 4.69) is 319 Å². The molecular weight excluding hydrogens is 1580 g/mol. The zero-order valence-electron chi connectivity index (χ0n) is 84.5. The molecule has 676 valence electrons. The van der Waals surface area contributed by atoms with Crippen LogP contribution in [-0.2, 0) is 5.41 Å². The maximum Gasteiger partial charge on any atom is 0.269 e. The quantitative estimate of drug-likeness (QED) is 0.110. The number of rotatable bonds is 0. The van der Waals surface area contributed by atoms with E-state index in [1.807, 2.05) is 231 Å². The van der Waals surface area contributed by atoms with Gasteiger partial charge in [0, 0.05) is 61.4 Å². The minimum Gasteiger partial charge on any atom is -0.259 e. The summed E-state index contributed by atoms with van der Waals surface area (Å²) in [6.07, 6.45) is 16.8. The van der Waals surface area contributed by atoms with Gasteiger partial charge in [-0.15, -0.1) is 0 Å². The molecule has 12 heterocycles. The molecular formula is C115H150N14+4. The highest BCUT2D eigenvalue weighted by Crippen LogP contribution is 2.51. The van der Waals surface area contributed by atoms with Crippen LogP contribution in [0, 0.1) is 0 Å². The van der Waals surface area contributed by atoms with Crippen LogP contribution in [0.1, 0.15) is 271 Å². The molecule has 0 saturated heterocycles. The van der Waals surface area contributed by atoms with E-state index in [0.29, 0.717) is 0 Å². The Hall–Kier alpha value is -12.7. The first-order valence-corrected chi connectivity index (χ1v) is 48.9. The molecule has 14 nitrogen and oxygen atoms in total. The van der Waals surface area contributed by atoms with Crippen molar-refractivity contribution in [2.75, 3.05) is 0 Å². The molecule has 24 rings (SSSR count). The summed E-state index contributed by atoms with van der Waals surface area (Å²) in [5.74, 6) is 4.14. The van der Waals surface area contributed by atoms with Gasteiger partial charge in [0.15, 0.2) is 24.8 Å². The van der Waals surface area contributed by atoms with Crippen molar-refractivity contribution in [3.8, 4) is 57.2 Å². The lowest BCUT2D eigenvalue weighted by Crippen LogP contribution is -2.38. The summed E-state index contributed by atoms with van der Waals surface area (Å²) in [5.41, 5.74) is 19.2. The second-order valence-electron chi connectivity index (χ2n) is 28.0. The monoisotopic (exact) mass is 1730 g/mol. The molecule has 0 N–H and O–H groups in total. The van der Waals surface area contributed by atoms with Gasteiger partial charge in [-0.25, -0.2) is 19.9 Å². The molecule has 0 radical (unpaired) electrons. The third-order valence-corrected chi connectivity index (χ3v) is 22.4. The summed E-state index contributed by atoms with van der Waals surface area (Å²) in [7, 11) is 0. The zero-order chi connectivity index (χ0) is 95.3. The van der Waals surface area contributed by atoms with E-state index in [1.165, 1.54) is 120 Å². The topological polar surface area (TPSA) is 113 Å². The summed E-state index contributed by atoms with van der Waals surface area (Å²) in [6.45, 7) is 69.6. The van der Waals surface area contributed by atoms with Crippen molar-refractivity contribution in [1.29, 1.82) is 0 Å². The van der Waals surface area contributed by atoms with Gasteiger partial charge in [0.2, 0.25) is 48.0 Å². The molecule has 1 aliphatic carbocycles. The van der Waals surface area contributed by atoms with Crippen LogP contribution < -0.4 is 18.3 Å². The number of benzene rings is 11. The second kappa shape index (κ2) is 49.0. The van der Waals surface area contributed by atoms with E-state index < -0.39 is 0 Å². The molecule has 11 aromatic carbocycles. The fourth-order valence-corrected chi connectivity index (χ4v) is 17.6. The minimum absolute atomic E-state index is 0.00816. The van der Waals surface area contributed by atoms with E-state index in [0.717, 1.165) is 56.8 Å². The predicted molar refractivity (Wildman–Crippen MR) is 559 cm³/mol. The number of pyridine rings is 2. The van der Waals surface area contributed by atoms with Gasteiger partial charge in [0.25, 0.3) is 22.8 Å². The molecule has 8 aromatic heterocycles. The van der Waals surface area contributed by atoms with Crippen LogP contribution in [-0.4, -0.2) is 48.2 Å². The average Bonchev–Trinajstić information content (AvgIpc) is 1.56. The highest BCUT2D eigenvalue weighted by atomic mass is 15.3. The van der Waals surface area contributed by atoms with E-state index in [-0.39, 0.29) is 30.1 Å². The summed E-state index contributed by atoms with van der Waals surface area (Å²) < 4.78 is 18.6. The first kappa shape index (κ1) is 103. The van der Waals surface area contributed by atoms with E-state index in [1.54, 1.807) is 0 Å². The molecule has 19 aromatic rings. The van der Waals surface area contributed by atoms with Crippen LogP contribution in [0.2, 0.25) is 0 Å². The van der Waals surface area contributed by atoms with Gasteiger partial charge in [0.05, 0.1) is 67.3 Å². The molecule has 14 heteroatoms. The number of nitrogens with zero attached hydrogens (tertiary/aromatic N) is 14. The van der Waals surface area contributed by atoms with Gasteiger partial charge in [-0.1, -0.05) is 372 Å². The van der Waals surface area contributed by atoms with Crippen molar-refractivity contribution in [2.24, 2.45) is 0 Å². The largest absolute Gasteiger partial charge is 0.269 e. The fourth-order valence-electron chi connectivity index (χ4n) is 17.6. The Bertz CT molecular complexity index is 6800. The Labute approximate surface area is 772 Å².